The van der Waals surface area contributed by atoms with Crippen molar-refractivity contribution in [2.24, 2.45) is 0 Å². The number of benzene rings is 2. The van der Waals surface area contributed by atoms with Crippen LogP contribution in [-0.4, -0.2) is 57.1 Å². The number of aliphatic hydroxyl groups excluding tert-OH is 1. The molecule has 1 amide bonds. The summed E-state index contributed by atoms with van der Waals surface area (Å²) in [5.74, 6) is 0.720. The molecule has 1 atom stereocenters. The van der Waals surface area contributed by atoms with Crippen molar-refractivity contribution in [1.82, 2.24) is 24.9 Å². The summed E-state index contributed by atoms with van der Waals surface area (Å²) in [7, 11) is 0. The molecule has 0 spiro atoms. The zero-order valence-electron chi connectivity index (χ0n) is 21.3. The van der Waals surface area contributed by atoms with Crippen LogP contribution < -0.4 is 10.1 Å². The van der Waals surface area contributed by atoms with Crippen LogP contribution >= 0.6 is 0 Å². The van der Waals surface area contributed by atoms with Gasteiger partial charge in [0.25, 0.3) is 0 Å². The highest BCUT2D eigenvalue weighted by Crippen LogP contribution is 2.34. The van der Waals surface area contributed by atoms with Gasteiger partial charge in [0.2, 0.25) is 0 Å². The molecule has 1 aliphatic rings. The lowest BCUT2D eigenvalue weighted by Crippen LogP contribution is -2.26. The van der Waals surface area contributed by atoms with Crippen LogP contribution in [0.2, 0.25) is 0 Å². The van der Waals surface area contributed by atoms with Gasteiger partial charge in [0.1, 0.15) is 18.1 Å². The molecule has 10 heteroatoms. The van der Waals surface area contributed by atoms with Crippen LogP contribution in [-0.2, 0) is 22.6 Å². The van der Waals surface area contributed by atoms with Crippen molar-refractivity contribution in [2.75, 3.05) is 26.4 Å². The molecule has 0 bridgehead atoms. The molecule has 1 saturated heterocycles. The van der Waals surface area contributed by atoms with Crippen molar-refractivity contribution in [1.29, 1.82) is 0 Å². The highest BCUT2D eigenvalue weighted by atomic mass is 16.5. The number of aromatic nitrogens is 4. The number of carbonyl (C=O) groups is 1. The number of rotatable bonds is 11. The molecule has 0 saturated carbocycles. The Morgan fingerprint density at radius 1 is 1.18 bits per heavy atom. The van der Waals surface area contributed by atoms with Crippen LogP contribution in [0.5, 0.6) is 5.75 Å². The third-order valence-electron chi connectivity index (χ3n) is 6.41. The molecule has 200 valence electrons. The van der Waals surface area contributed by atoms with E-state index in [4.69, 9.17) is 19.3 Å². The van der Waals surface area contributed by atoms with Gasteiger partial charge in [-0.25, -0.2) is 9.48 Å². The largest absolute Gasteiger partial charge is 0.494 e. The third-order valence-corrected chi connectivity index (χ3v) is 6.41. The fourth-order valence-electron chi connectivity index (χ4n) is 4.50. The van der Waals surface area contributed by atoms with Gasteiger partial charge in [0, 0.05) is 30.3 Å². The van der Waals surface area contributed by atoms with Crippen molar-refractivity contribution in [3.63, 3.8) is 0 Å². The number of nitrogens with one attached hydrogen (secondary N) is 1. The number of hydrogen-bond acceptors (Lipinski definition) is 7. The van der Waals surface area contributed by atoms with Gasteiger partial charge in [-0.1, -0.05) is 30.3 Å². The van der Waals surface area contributed by atoms with Crippen molar-refractivity contribution in [3.05, 3.63) is 66.5 Å². The summed E-state index contributed by atoms with van der Waals surface area (Å²) in [6.07, 6.45) is 6.82. The Balaban J connectivity index is 1.21. The average molecular weight is 520 g/mol. The minimum Gasteiger partial charge on any atom is -0.494 e. The van der Waals surface area contributed by atoms with Crippen LogP contribution in [0.3, 0.4) is 0 Å². The molecule has 2 N–H and O–H groups in total. The molecule has 2 aromatic heterocycles. The van der Waals surface area contributed by atoms with E-state index in [-0.39, 0.29) is 19.4 Å². The second-order valence-electron chi connectivity index (χ2n) is 9.20. The molecule has 38 heavy (non-hydrogen) atoms. The number of carbonyl (C=O) groups excluding carboxylic acids is 1. The van der Waals surface area contributed by atoms with Gasteiger partial charge in [0.15, 0.2) is 6.23 Å². The zero-order valence-corrected chi connectivity index (χ0v) is 21.3. The van der Waals surface area contributed by atoms with Crippen LogP contribution in [0.25, 0.3) is 22.2 Å². The predicted molar refractivity (Wildman–Crippen MR) is 142 cm³/mol. The van der Waals surface area contributed by atoms with Crippen LogP contribution in [0.1, 0.15) is 37.5 Å². The molecule has 0 radical (unpaired) electrons. The molecule has 5 rings (SSSR count). The Kier molecular flexibility index (Phi) is 8.52. The molecule has 0 aliphatic carbocycles. The summed E-state index contributed by atoms with van der Waals surface area (Å²) in [6, 6.07) is 15.5. The van der Waals surface area contributed by atoms with E-state index in [2.05, 4.69) is 10.4 Å². The van der Waals surface area contributed by atoms with E-state index in [0.717, 1.165) is 59.3 Å². The quantitative estimate of drug-likeness (QED) is 0.284. The van der Waals surface area contributed by atoms with Crippen molar-refractivity contribution >= 4 is 17.0 Å². The number of fused-ring (bicyclic) bond motifs is 1. The lowest BCUT2D eigenvalue weighted by Gasteiger charge is -2.23. The predicted octanol–water partition coefficient (Wildman–Crippen LogP) is 4.29. The van der Waals surface area contributed by atoms with Gasteiger partial charge in [-0.05, 0) is 49.4 Å². The van der Waals surface area contributed by atoms with Gasteiger partial charge in [-0.2, -0.15) is 10.2 Å². The topological polar surface area (TPSA) is 113 Å². The van der Waals surface area contributed by atoms with Crippen LogP contribution in [0.15, 0.2) is 60.9 Å². The van der Waals surface area contributed by atoms with E-state index in [1.807, 2.05) is 59.4 Å². The SMILES string of the molecule is O=C(NCCCOc1ccc2c(c1)c(-c1cnn(CCO)c1)nn2C1CCCCO1)OCc1ccccc1. The molecule has 1 fully saturated rings. The first kappa shape index (κ1) is 25.7. The molecule has 3 heterocycles. The summed E-state index contributed by atoms with van der Waals surface area (Å²) in [5, 5.41) is 22.2. The normalized spacial score (nSPS) is 15.4. The lowest BCUT2D eigenvalue weighted by molar-refractivity contribution is -0.0365. The molecule has 10 nitrogen and oxygen atoms in total. The van der Waals surface area contributed by atoms with Crippen molar-refractivity contribution in [3.8, 4) is 17.0 Å². The van der Waals surface area contributed by atoms with Crippen molar-refractivity contribution in [2.45, 2.75) is 45.1 Å². The lowest BCUT2D eigenvalue weighted by atomic mass is 10.1. The van der Waals surface area contributed by atoms with Crippen LogP contribution in [0.4, 0.5) is 4.79 Å². The van der Waals surface area contributed by atoms with E-state index in [0.29, 0.717) is 26.1 Å². The number of amides is 1. The smallest absolute Gasteiger partial charge is 0.407 e. The minimum absolute atomic E-state index is 0.0177. The number of aliphatic hydroxyl groups is 1. The number of nitrogens with zero attached hydrogens (tertiary/aromatic N) is 4. The fraction of sp³-hybridized carbons (Fsp3) is 0.393. The third kappa shape index (κ3) is 6.32. The van der Waals surface area contributed by atoms with E-state index in [1.165, 1.54) is 0 Å². The second kappa shape index (κ2) is 12.6. The average Bonchev–Trinajstić information content (AvgIpc) is 3.57. The zero-order chi connectivity index (χ0) is 26.2. The van der Waals surface area contributed by atoms with Gasteiger partial charge in [0.05, 0.1) is 31.5 Å². The summed E-state index contributed by atoms with van der Waals surface area (Å²) in [5.41, 5.74) is 3.58. The van der Waals surface area contributed by atoms with Crippen LogP contribution in [0, 0.1) is 0 Å². The van der Waals surface area contributed by atoms with Gasteiger partial charge < -0.3 is 24.6 Å². The standard InChI is InChI=1S/C28H33N5O5/c34-14-13-32-19-22(18-30-32)27-24-17-23(10-11-25(24)33(31-27)26-9-4-5-15-37-26)36-16-6-12-29-28(35)38-20-21-7-2-1-3-8-21/h1-3,7-8,10-11,17-19,26,34H,4-6,9,12-16,20H2,(H,29,35). The van der Waals surface area contributed by atoms with Gasteiger partial charge in [-0.3, -0.25) is 4.68 Å². The first-order valence-electron chi connectivity index (χ1n) is 13.1. The number of hydrogen-bond donors (Lipinski definition) is 2. The molecule has 1 aliphatic heterocycles. The summed E-state index contributed by atoms with van der Waals surface area (Å²) < 4.78 is 20.9. The Bertz CT molecular complexity index is 1330. The first-order valence-corrected chi connectivity index (χ1v) is 13.1. The monoisotopic (exact) mass is 519 g/mol. The van der Waals surface area contributed by atoms with E-state index < -0.39 is 6.09 Å². The minimum atomic E-state index is -0.445. The Labute approximate surface area is 221 Å². The second-order valence-corrected chi connectivity index (χ2v) is 9.20. The molecule has 4 aromatic rings. The van der Waals surface area contributed by atoms with Gasteiger partial charge in [-0.15, -0.1) is 0 Å². The summed E-state index contributed by atoms with van der Waals surface area (Å²) in [4.78, 5) is 11.9. The molecule has 2 aromatic carbocycles. The van der Waals surface area contributed by atoms with E-state index >= 15 is 0 Å². The number of alkyl carbamates (subject to hydrolysis) is 1. The van der Waals surface area contributed by atoms with Crippen molar-refractivity contribution < 1.29 is 24.1 Å². The Morgan fingerprint density at radius 3 is 2.89 bits per heavy atom. The summed E-state index contributed by atoms with van der Waals surface area (Å²) >= 11 is 0. The molecular weight excluding hydrogens is 486 g/mol. The highest BCUT2D eigenvalue weighted by molar-refractivity contribution is 5.94. The highest BCUT2D eigenvalue weighted by Gasteiger charge is 2.22. The maximum atomic E-state index is 11.9. The molecular formula is C28H33N5O5. The maximum absolute atomic E-state index is 11.9. The molecule has 1 unspecified atom stereocenters. The maximum Gasteiger partial charge on any atom is 0.407 e. The Hall–Kier alpha value is -3.89. The van der Waals surface area contributed by atoms with E-state index in [9.17, 15) is 9.90 Å². The van der Waals surface area contributed by atoms with Gasteiger partial charge >= 0.3 is 6.09 Å². The Morgan fingerprint density at radius 2 is 2.08 bits per heavy atom. The summed E-state index contributed by atoms with van der Waals surface area (Å²) in [6.45, 7) is 2.29. The first-order chi connectivity index (χ1) is 18.7. The fourth-order valence-corrected chi connectivity index (χ4v) is 4.50. The van der Waals surface area contributed by atoms with E-state index in [1.54, 1.807) is 10.9 Å². The number of ether oxygens (including phenoxy) is 3.